The molecule has 1 N–H and O–H groups in total. The van der Waals surface area contributed by atoms with Gasteiger partial charge in [0, 0.05) is 37.1 Å². The van der Waals surface area contributed by atoms with Gasteiger partial charge in [-0.3, -0.25) is 4.55 Å². The van der Waals surface area contributed by atoms with Crippen molar-refractivity contribution in [2.24, 2.45) is 0 Å². The third-order valence-electron chi connectivity index (χ3n) is 6.05. The molecule has 1 aliphatic rings. The largest absolute Gasteiger partial charge is 0.494 e. The number of aromatic nitrogens is 1. The van der Waals surface area contributed by atoms with Gasteiger partial charge in [-0.1, -0.05) is 31.2 Å². The van der Waals surface area contributed by atoms with Gasteiger partial charge in [-0.15, -0.1) is 0 Å². The van der Waals surface area contributed by atoms with E-state index in [0.717, 1.165) is 55.5 Å². The van der Waals surface area contributed by atoms with E-state index in [-0.39, 0.29) is 5.75 Å². The van der Waals surface area contributed by atoms with Gasteiger partial charge < -0.3 is 14.5 Å². The summed E-state index contributed by atoms with van der Waals surface area (Å²) in [5.74, 6) is 1.53. The Balaban J connectivity index is 1.49. The van der Waals surface area contributed by atoms with Crippen molar-refractivity contribution in [1.82, 2.24) is 9.88 Å². The Labute approximate surface area is 195 Å². The van der Waals surface area contributed by atoms with Gasteiger partial charge in [0.2, 0.25) is 0 Å². The van der Waals surface area contributed by atoms with Crippen LogP contribution in [-0.4, -0.2) is 67.9 Å². The standard InChI is InChI=1S/C25H31N3O4S/c1-2-27-13-15-28(16-14-27)25-23-8-4-3-7-21(23)19-24(26-25)20-9-11-22(12-10-20)32-17-5-6-18-33(29,30)31/h3-4,7-12,19H,2,5-6,13-18H2,1H3,(H,29,30,31). The molecule has 0 atom stereocenters. The van der Waals surface area contributed by atoms with Crippen molar-refractivity contribution in [2.75, 3.05) is 50.0 Å². The van der Waals surface area contributed by atoms with Crippen LogP contribution < -0.4 is 9.64 Å². The monoisotopic (exact) mass is 469 g/mol. The van der Waals surface area contributed by atoms with Crippen molar-refractivity contribution in [3.63, 3.8) is 0 Å². The van der Waals surface area contributed by atoms with Crippen molar-refractivity contribution in [2.45, 2.75) is 19.8 Å². The third-order valence-corrected chi connectivity index (χ3v) is 6.86. The number of rotatable bonds is 9. The summed E-state index contributed by atoms with van der Waals surface area (Å²) in [4.78, 5) is 9.92. The second kappa shape index (κ2) is 10.5. The minimum atomic E-state index is -3.91. The summed E-state index contributed by atoms with van der Waals surface area (Å²) >= 11 is 0. The summed E-state index contributed by atoms with van der Waals surface area (Å²) in [5, 5.41) is 2.35. The molecule has 0 amide bonds. The van der Waals surface area contributed by atoms with Gasteiger partial charge in [-0.2, -0.15) is 8.42 Å². The van der Waals surface area contributed by atoms with E-state index >= 15 is 0 Å². The molecule has 2 aromatic carbocycles. The average molecular weight is 470 g/mol. The van der Waals surface area contributed by atoms with Crippen molar-refractivity contribution < 1.29 is 17.7 Å². The SMILES string of the molecule is CCN1CCN(c2nc(-c3ccc(OCCCCS(=O)(=O)O)cc3)cc3ccccc23)CC1. The first-order valence-electron chi connectivity index (χ1n) is 11.5. The fourth-order valence-corrected chi connectivity index (χ4v) is 4.71. The van der Waals surface area contributed by atoms with Gasteiger partial charge in [0.15, 0.2) is 0 Å². The molecule has 3 aromatic rings. The third kappa shape index (κ3) is 6.22. The van der Waals surface area contributed by atoms with Gasteiger partial charge in [-0.05, 0) is 55.1 Å². The zero-order valence-corrected chi connectivity index (χ0v) is 19.8. The molecule has 4 rings (SSSR count). The lowest BCUT2D eigenvalue weighted by atomic mass is 10.1. The summed E-state index contributed by atoms with van der Waals surface area (Å²) in [6, 6.07) is 18.4. The highest BCUT2D eigenvalue weighted by Gasteiger charge is 2.19. The van der Waals surface area contributed by atoms with Gasteiger partial charge in [0.05, 0.1) is 18.1 Å². The minimum Gasteiger partial charge on any atom is -0.494 e. The maximum Gasteiger partial charge on any atom is 0.264 e. The predicted molar refractivity (Wildman–Crippen MR) is 133 cm³/mol. The number of hydrogen-bond acceptors (Lipinski definition) is 6. The Morgan fingerprint density at radius 2 is 1.73 bits per heavy atom. The lowest BCUT2D eigenvalue weighted by Gasteiger charge is -2.35. The molecule has 1 aromatic heterocycles. The second-order valence-corrected chi connectivity index (χ2v) is 9.91. The van der Waals surface area contributed by atoms with E-state index in [0.29, 0.717) is 19.4 Å². The minimum absolute atomic E-state index is 0.237. The Bertz CT molecular complexity index is 1170. The van der Waals surface area contributed by atoms with Crippen LogP contribution in [0, 0.1) is 0 Å². The molecule has 1 saturated heterocycles. The molecule has 0 radical (unpaired) electrons. The molecule has 1 aliphatic heterocycles. The van der Waals surface area contributed by atoms with Gasteiger partial charge >= 0.3 is 0 Å². The highest BCUT2D eigenvalue weighted by atomic mass is 32.2. The number of anilines is 1. The number of pyridine rings is 1. The Morgan fingerprint density at radius 1 is 1.00 bits per heavy atom. The second-order valence-electron chi connectivity index (χ2n) is 8.34. The highest BCUT2D eigenvalue weighted by molar-refractivity contribution is 7.85. The van der Waals surface area contributed by atoms with Gasteiger partial charge in [0.25, 0.3) is 10.1 Å². The van der Waals surface area contributed by atoms with Crippen molar-refractivity contribution in [3.05, 3.63) is 54.6 Å². The Kier molecular flexibility index (Phi) is 7.47. The molecule has 33 heavy (non-hydrogen) atoms. The Hall–Kier alpha value is -2.68. The number of ether oxygens (including phenoxy) is 1. The number of likely N-dealkylation sites (N-methyl/N-ethyl adjacent to an activating group) is 1. The van der Waals surface area contributed by atoms with Crippen LogP contribution in [0.25, 0.3) is 22.0 Å². The van der Waals surface area contributed by atoms with E-state index in [9.17, 15) is 8.42 Å². The number of benzene rings is 2. The molecule has 0 unspecified atom stereocenters. The number of piperazine rings is 1. The maximum absolute atomic E-state index is 10.8. The van der Waals surface area contributed by atoms with Crippen LogP contribution in [0.15, 0.2) is 54.6 Å². The molecule has 8 heteroatoms. The van der Waals surface area contributed by atoms with Gasteiger partial charge in [0.1, 0.15) is 11.6 Å². The van der Waals surface area contributed by atoms with E-state index in [1.54, 1.807) is 0 Å². The van der Waals surface area contributed by atoms with E-state index in [2.05, 4.69) is 47.1 Å². The lowest BCUT2D eigenvalue weighted by molar-refractivity contribution is 0.271. The van der Waals surface area contributed by atoms with Gasteiger partial charge in [-0.25, -0.2) is 4.98 Å². The molecule has 2 heterocycles. The van der Waals surface area contributed by atoms with E-state index in [1.165, 1.54) is 10.8 Å². The number of nitrogens with zero attached hydrogens (tertiary/aromatic N) is 3. The molecule has 7 nitrogen and oxygen atoms in total. The molecule has 1 fully saturated rings. The first kappa shape index (κ1) is 23.5. The number of hydrogen-bond donors (Lipinski definition) is 1. The van der Waals surface area contributed by atoms with Crippen LogP contribution in [0.3, 0.4) is 0 Å². The van der Waals surface area contributed by atoms with Crippen LogP contribution in [0.5, 0.6) is 5.75 Å². The molecule has 0 bridgehead atoms. The van der Waals surface area contributed by atoms with Crippen LogP contribution in [0.1, 0.15) is 19.8 Å². The smallest absolute Gasteiger partial charge is 0.264 e. The zero-order chi connectivity index (χ0) is 23.3. The molecular weight excluding hydrogens is 438 g/mol. The van der Waals surface area contributed by atoms with E-state index < -0.39 is 10.1 Å². The molecule has 0 aliphatic carbocycles. The number of unbranched alkanes of at least 4 members (excludes halogenated alkanes) is 1. The first-order valence-corrected chi connectivity index (χ1v) is 13.1. The molecule has 0 spiro atoms. The van der Waals surface area contributed by atoms with Crippen LogP contribution >= 0.6 is 0 Å². The summed E-state index contributed by atoms with van der Waals surface area (Å²) in [7, 11) is -3.91. The highest BCUT2D eigenvalue weighted by Crippen LogP contribution is 2.31. The zero-order valence-electron chi connectivity index (χ0n) is 19.0. The van der Waals surface area contributed by atoms with Crippen LogP contribution in [-0.2, 0) is 10.1 Å². The fourth-order valence-electron chi connectivity index (χ4n) is 4.14. The fraction of sp³-hybridized carbons (Fsp3) is 0.400. The summed E-state index contributed by atoms with van der Waals surface area (Å²) in [6.45, 7) is 7.72. The number of fused-ring (bicyclic) bond motifs is 1. The predicted octanol–water partition coefficient (Wildman–Crippen LogP) is 4.09. The van der Waals surface area contributed by atoms with Crippen molar-refractivity contribution in [3.8, 4) is 17.0 Å². The maximum atomic E-state index is 10.8. The molecule has 0 saturated carbocycles. The van der Waals surface area contributed by atoms with E-state index in [1.807, 2.05) is 24.3 Å². The first-order chi connectivity index (χ1) is 15.9. The normalized spacial score (nSPS) is 15.2. The summed E-state index contributed by atoms with van der Waals surface area (Å²) in [5.41, 5.74) is 1.95. The lowest BCUT2D eigenvalue weighted by Crippen LogP contribution is -2.46. The molecular formula is C25H31N3O4S. The molecule has 176 valence electrons. The summed E-state index contributed by atoms with van der Waals surface area (Å²) < 4.78 is 36.0. The topological polar surface area (TPSA) is 83.0 Å². The van der Waals surface area contributed by atoms with E-state index in [4.69, 9.17) is 14.3 Å². The Morgan fingerprint density at radius 3 is 2.42 bits per heavy atom. The average Bonchev–Trinajstić information content (AvgIpc) is 2.83. The van der Waals surface area contributed by atoms with Crippen molar-refractivity contribution >= 4 is 26.7 Å². The van der Waals surface area contributed by atoms with Crippen molar-refractivity contribution in [1.29, 1.82) is 0 Å². The quantitative estimate of drug-likeness (QED) is 0.373. The van der Waals surface area contributed by atoms with Crippen LogP contribution in [0.2, 0.25) is 0 Å². The van der Waals surface area contributed by atoms with Crippen LogP contribution in [0.4, 0.5) is 5.82 Å². The summed E-state index contributed by atoms with van der Waals surface area (Å²) in [6.07, 6.45) is 0.926.